The second-order valence-corrected chi connectivity index (χ2v) is 7.22. The Morgan fingerprint density at radius 2 is 1.92 bits per heavy atom. The van der Waals surface area contributed by atoms with E-state index in [9.17, 15) is 18.3 Å². The SMILES string of the molecule is CS(=O)(=O)c1ncc2cc(-c3ccccc3)c(=O)n(CCO)c2n1. The van der Waals surface area contributed by atoms with E-state index in [1.54, 1.807) is 18.2 Å². The highest BCUT2D eigenvalue weighted by atomic mass is 32.2. The van der Waals surface area contributed by atoms with Gasteiger partial charge in [-0.05, 0) is 11.6 Å². The summed E-state index contributed by atoms with van der Waals surface area (Å²) in [6.07, 6.45) is 2.37. The predicted octanol–water partition coefficient (Wildman–Crippen LogP) is 0.854. The van der Waals surface area contributed by atoms with Crippen molar-refractivity contribution in [3.63, 3.8) is 0 Å². The van der Waals surface area contributed by atoms with Crippen LogP contribution in [0, 0.1) is 0 Å². The first kappa shape index (κ1) is 16.3. The molecule has 0 atom stereocenters. The monoisotopic (exact) mass is 345 g/mol. The highest BCUT2D eigenvalue weighted by Crippen LogP contribution is 2.20. The van der Waals surface area contributed by atoms with Gasteiger partial charge in [0.25, 0.3) is 5.56 Å². The first-order chi connectivity index (χ1) is 11.4. The molecule has 7 nitrogen and oxygen atoms in total. The molecule has 3 aromatic rings. The Kier molecular flexibility index (Phi) is 4.16. The van der Waals surface area contributed by atoms with Gasteiger partial charge in [-0.15, -0.1) is 0 Å². The van der Waals surface area contributed by atoms with Crippen LogP contribution in [-0.2, 0) is 16.4 Å². The van der Waals surface area contributed by atoms with Crippen molar-refractivity contribution in [2.45, 2.75) is 11.7 Å². The van der Waals surface area contributed by atoms with Crippen LogP contribution in [0.1, 0.15) is 0 Å². The molecule has 1 N–H and O–H groups in total. The third kappa shape index (κ3) is 2.93. The fourth-order valence-electron chi connectivity index (χ4n) is 2.45. The van der Waals surface area contributed by atoms with Gasteiger partial charge in [0, 0.05) is 23.4 Å². The molecule has 2 heterocycles. The van der Waals surface area contributed by atoms with Gasteiger partial charge in [-0.2, -0.15) is 4.98 Å². The summed E-state index contributed by atoms with van der Waals surface area (Å²) in [5.41, 5.74) is 1.00. The van der Waals surface area contributed by atoms with Gasteiger partial charge in [0.15, 0.2) is 0 Å². The first-order valence-corrected chi connectivity index (χ1v) is 9.08. The number of aromatic nitrogens is 3. The number of benzene rings is 1. The molecule has 0 aliphatic carbocycles. The standard InChI is InChI=1S/C16H15N3O4S/c1-24(22,23)16-17-10-12-9-13(11-5-3-2-4-6-11)15(21)19(7-8-20)14(12)18-16/h2-6,9-10,20H,7-8H2,1H3. The number of nitrogens with zero attached hydrogens (tertiary/aromatic N) is 3. The van der Waals surface area contributed by atoms with E-state index in [1.165, 1.54) is 10.8 Å². The Morgan fingerprint density at radius 3 is 2.54 bits per heavy atom. The minimum Gasteiger partial charge on any atom is -0.395 e. The van der Waals surface area contributed by atoms with Crippen molar-refractivity contribution in [2.75, 3.05) is 12.9 Å². The molecule has 8 heteroatoms. The zero-order valence-corrected chi connectivity index (χ0v) is 13.7. The first-order valence-electron chi connectivity index (χ1n) is 7.19. The third-order valence-corrected chi connectivity index (χ3v) is 4.40. The van der Waals surface area contributed by atoms with Crippen molar-refractivity contribution in [1.82, 2.24) is 14.5 Å². The van der Waals surface area contributed by atoms with Crippen molar-refractivity contribution in [3.05, 3.63) is 52.9 Å². The summed E-state index contributed by atoms with van der Waals surface area (Å²) in [5.74, 6) is 0. The predicted molar refractivity (Wildman–Crippen MR) is 89.4 cm³/mol. The molecule has 0 saturated heterocycles. The molecule has 0 unspecified atom stereocenters. The Bertz CT molecular complexity index is 1060. The van der Waals surface area contributed by atoms with Crippen molar-refractivity contribution >= 4 is 20.9 Å². The van der Waals surface area contributed by atoms with E-state index in [2.05, 4.69) is 9.97 Å². The Balaban J connectivity index is 2.36. The Labute approximate surface area is 138 Å². The lowest BCUT2D eigenvalue weighted by molar-refractivity contribution is 0.276. The molecule has 0 bridgehead atoms. The van der Waals surface area contributed by atoms with E-state index >= 15 is 0 Å². The summed E-state index contributed by atoms with van der Waals surface area (Å²) in [4.78, 5) is 20.7. The van der Waals surface area contributed by atoms with E-state index in [0.717, 1.165) is 11.8 Å². The van der Waals surface area contributed by atoms with Gasteiger partial charge in [-0.3, -0.25) is 9.36 Å². The van der Waals surface area contributed by atoms with Crippen LogP contribution in [0.2, 0.25) is 0 Å². The van der Waals surface area contributed by atoms with Crippen LogP contribution < -0.4 is 5.56 Å². The van der Waals surface area contributed by atoms with Crippen LogP contribution in [0.25, 0.3) is 22.2 Å². The molecule has 2 aromatic heterocycles. The van der Waals surface area contributed by atoms with Crippen molar-refractivity contribution in [1.29, 1.82) is 0 Å². The number of aliphatic hydroxyl groups excluding tert-OH is 1. The van der Waals surface area contributed by atoms with E-state index in [1.807, 2.05) is 18.2 Å². The summed E-state index contributed by atoms with van der Waals surface area (Å²) in [6.45, 7) is -0.262. The topological polar surface area (TPSA) is 102 Å². The molecule has 0 fully saturated rings. The molecule has 0 spiro atoms. The largest absolute Gasteiger partial charge is 0.395 e. The summed E-state index contributed by atoms with van der Waals surface area (Å²) in [7, 11) is -3.60. The molecule has 0 amide bonds. The van der Waals surface area contributed by atoms with E-state index < -0.39 is 9.84 Å². The lowest BCUT2D eigenvalue weighted by atomic mass is 10.1. The third-order valence-electron chi connectivity index (χ3n) is 3.54. The minimum atomic E-state index is -3.60. The molecule has 0 saturated carbocycles. The average Bonchev–Trinajstić information content (AvgIpc) is 2.56. The summed E-state index contributed by atoms with van der Waals surface area (Å²) in [5, 5.41) is 9.44. The number of pyridine rings is 1. The van der Waals surface area contributed by atoms with Gasteiger partial charge in [0.1, 0.15) is 5.65 Å². The number of sulfone groups is 1. The second-order valence-electron chi connectivity index (χ2n) is 5.31. The molecular weight excluding hydrogens is 330 g/mol. The van der Waals surface area contributed by atoms with Crippen LogP contribution in [0.5, 0.6) is 0 Å². The Morgan fingerprint density at radius 1 is 1.21 bits per heavy atom. The average molecular weight is 345 g/mol. The van der Waals surface area contributed by atoms with E-state index in [0.29, 0.717) is 10.9 Å². The molecule has 24 heavy (non-hydrogen) atoms. The number of aliphatic hydroxyl groups is 1. The molecular formula is C16H15N3O4S. The second kappa shape index (κ2) is 6.14. The quantitative estimate of drug-likeness (QED) is 0.704. The zero-order valence-electron chi connectivity index (χ0n) is 12.9. The maximum atomic E-state index is 12.8. The summed E-state index contributed by atoms with van der Waals surface area (Å²) >= 11 is 0. The zero-order chi connectivity index (χ0) is 17.3. The smallest absolute Gasteiger partial charge is 0.260 e. The molecule has 124 valence electrons. The van der Waals surface area contributed by atoms with Gasteiger partial charge in [-0.25, -0.2) is 13.4 Å². The number of hydrogen-bond donors (Lipinski definition) is 1. The maximum Gasteiger partial charge on any atom is 0.260 e. The Hall–Kier alpha value is -2.58. The van der Waals surface area contributed by atoms with Gasteiger partial charge >= 0.3 is 0 Å². The molecule has 3 rings (SSSR count). The molecule has 0 aliphatic rings. The van der Waals surface area contributed by atoms with Crippen LogP contribution in [0.3, 0.4) is 0 Å². The molecule has 1 aromatic carbocycles. The fraction of sp³-hybridized carbons (Fsp3) is 0.188. The highest BCUT2D eigenvalue weighted by Gasteiger charge is 2.16. The van der Waals surface area contributed by atoms with Crippen LogP contribution in [0.15, 0.2) is 52.5 Å². The summed E-state index contributed by atoms with van der Waals surface area (Å²) < 4.78 is 24.6. The maximum absolute atomic E-state index is 12.8. The highest BCUT2D eigenvalue weighted by molar-refractivity contribution is 7.90. The van der Waals surface area contributed by atoms with E-state index in [4.69, 9.17) is 0 Å². The van der Waals surface area contributed by atoms with Gasteiger partial charge in [0.2, 0.25) is 15.0 Å². The lowest BCUT2D eigenvalue weighted by Crippen LogP contribution is -2.25. The minimum absolute atomic E-state index is 0.0101. The number of fused-ring (bicyclic) bond motifs is 1. The van der Waals surface area contributed by atoms with Gasteiger partial charge in [0.05, 0.1) is 13.2 Å². The summed E-state index contributed by atoms with van der Waals surface area (Å²) in [6, 6.07) is 10.7. The lowest BCUT2D eigenvalue weighted by Gasteiger charge is -2.11. The normalized spacial score (nSPS) is 11.8. The van der Waals surface area contributed by atoms with Crippen LogP contribution in [0.4, 0.5) is 0 Å². The van der Waals surface area contributed by atoms with Crippen LogP contribution in [-0.4, -0.2) is 40.9 Å². The van der Waals surface area contributed by atoms with Gasteiger partial charge < -0.3 is 5.11 Å². The van der Waals surface area contributed by atoms with Crippen molar-refractivity contribution < 1.29 is 13.5 Å². The number of hydrogen-bond acceptors (Lipinski definition) is 6. The van der Waals surface area contributed by atoms with E-state index in [-0.39, 0.29) is 29.5 Å². The fourth-order valence-corrected chi connectivity index (χ4v) is 2.95. The van der Waals surface area contributed by atoms with Crippen molar-refractivity contribution in [2.24, 2.45) is 0 Å². The number of rotatable bonds is 4. The van der Waals surface area contributed by atoms with Crippen LogP contribution >= 0.6 is 0 Å². The molecule has 0 radical (unpaired) electrons. The van der Waals surface area contributed by atoms with Crippen molar-refractivity contribution in [3.8, 4) is 11.1 Å². The van der Waals surface area contributed by atoms with Gasteiger partial charge in [-0.1, -0.05) is 30.3 Å². The molecule has 0 aliphatic heterocycles.